The lowest BCUT2D eigenvalue weighted by atomic mass is 9.90. The molecular formula is C15H21FN2O2. The van der Waals surface area contributed by atoms with E-state index < -0.39 is 24.0 Å². The molecule has 3 atom stereocenters. The van der Waals surface area contributed by atoms with Crippen LogP contribution in [0.5, 0.6) is 0 Å². The number of alkyl halides is 1. The number of halogens is 1. The molecule has 0 aromatic heterocycles. The molecule has 5 heteroatoms. The van der Waals surface area contributed by atoms with Crippen molar-refractivity contribution in [1.29, 1.82) is 0 Å². The topological polar surface area (TPSA) is 66.6 Å². The van der Waals surface area contributed by atoms with Crippen molar-refractivity contribution in [3.63, 3.8) is 0 Å². The molecule has 0 aromatic carbocycles. The van der Waals surface area contributed by atoms with Crippen molar-refractivity contribution in [1.82, 2.24) is 4.90 Å². The summed E-state index contributed by atoms with van der Waals surface area (Å²) < 4.78 is 14.1. The number of rotatable bonds is 5. The maximum Gasteiger partial charge on any atom is 0.143 e. The molecule has 1 aliphatic carbocycles. The zero-order valence-corrected chi connectivity index (χ0v) is 11.8. The second kappa shape index (κ2) is 5.14. The lowest BCUT2D eigenvalue weighted by Gasteiger charge is -2.44. The molecule has 110 valence electrons. The van der Waals surface area contributed by atoms with Gasteiger partial charge in [0.05, 0.1) is 11.6 Å². The van der Waals surface area contributed by atoms with Gasteiger partial charge < -0.3 is 20.5 Å². The van der Waals surface area contributed by atoms with E-state index in [0.717, 1.165) is 11.9 Å². The maximum atomic E-state index is 14.1. The fourth-order valence-corrected chi connectivity index (χ4v) is 3.34. The molecule has 0 saturated carbocycles. The lowest BCUT2D eigenvalue weighted by molar-refractivity contribution is -0.108. The van der Waals surface area contributed by atoms with Gasteiger partial charge in [0.1, 0.15) is 18.7 Å². The minimum atomic E-state index is -1.14. The normalized spacial score (nSPS) is 26.9. The number of nitrogens with zero attached hydrogens (tertiary/aromatic N) is 1. The lowest BCUT2D eigenvalue weighted by Crippen LogP contribution is -2.54. The molecule has 0 saturated heterocycles. The molecule has 2 aliphatic rings. The van der Waals surface area contributed by atoms with E-state index in [9.17, 15) is 14.3 Å². The first kappa shape index (κ1) is 14.9. The predicted octanol–water partition coefficient (Wildman–Crippen LogP) is 1.42. The van der Waals surface area contributed by atoms with E-state index in [0.29, 0.717) is 24.1 Å². The molecule has 2 rings (SSSR count). The van der Waals surface area contributed by atoms with Crippen molar-refractivity contribution in [3.8, 4) is 0 Å². The van der Waals surface area contributed by atoms with Gasteiger partial charge in [0.2, 0.25) is 0 Å². The van der Waals surface area contributed by atoms with Gasteiger partial charge in [0.15, 0.2) is 0 Å². The second-order valence-electron chi connectivity index (χ2n) is 5.77. The van der Waals surface area contributed by atoms with Gasteiger partial charge in [-0.3, -0.25) is 0 Å². The van der Waals surface area contributed by atoms with E-state index in [1.165, 1.54) is 6.08 Å². The summed E-state index contributed by atoms with van der Waals surface area (Å²) in [4.78, 5) is 12.4. The highest BCUT2D eigenvalue weighted by atomic mass is 19.1. The van der Waals surface area contributed by atoms with Crippen LogP contribution in [0.25, 0.3) is 0 Å². The summed E-state index contributed by atoms with van der Waals surface area (Å²) in [6.07, 6.45) is 2.47. The Morgan fingerprint density at radius 3 is 2.80 bits per heavy atom. The average molecular weight is 280 g/mol. The number of nitrogens with two attached hydrogens (primary N) is 1. The van der Waals surface area contributed by atoms with Gasteiger partial charge in [-0.1, -0.05) is 12.7 Å². The Morgan fingerprint density at radius 2 is 2.30 bits per heavy atom. The molecule has 0 bridgehead atoms. The van der Waals surface area contributed by atoms with Gasteiger partial charge in [0.25, 0.3) is 0 Å². The Bertz CT molecular complexity index is 494. The van der Waals surface area contributed by atoms with Gasteiger partial charge in [-0.05, 0) is 26.3 Å². The third-order valence-corrected chi connectivity index (χ3v) is 4.17. The number of carbonyl (C=O) groups excluding carboxylic acids is 1. The van der Waals surface area contributed by atoms with E-state index in [1.807, 2.05) is 18.7 Å². The average Bonchev–Trinajstić information content (AvgIpc) is 2.83. The second-order valence-corrected chi connectivity index (χ2v) is 5.77. The monoisotopic (exact) mass is 280 g/mol. The molecule has 0 aromatic rings. The van der Waals surface area contributed by atoms with Crippen LogP contribution in [-0.2, 0) is 4.79 Å². The summed E-state index contributed by atoms with van der Waals surface area (Å²) in [5, 5.41) is 9.83. The fraction of sp³-hybridized carbons (Fsp3) is 0.533. The first-order chi connectivity index (χ1) is 9.32. The third kappa shape index (κ3) is 2.11. The van der Waals surface area contributed by atoms with Gasteiger partial charge >= 0.3 is 0 Å². The molecule has 0 amide bonds. The summed E-state index contributed by atoms with van der Waals surface area (Å²) in [7, 11) is 0. The Balaban J connectivity index is 2.35. The zero-order valence-electron chi connectivity index (χ0n) is 11.8. The molecule has 1 aliphatic heterocycles. The Morgan fingerprint density at radius 1 is 1.65 bits per heavy atom. The van der Waals surface area contributed by atoms with Crippen molar-refractivity contribution < 1.29 is 14.3 Å². The van der Waals surface area contributed by atoms with Crippen molar-refractivity contribution in [2.24, 2.45) is 5.73 Å². The van der Waals surface area contributed by atoms with E-state index >= 15 is 0 Å². The number of hydrogen-bond donors (Lipinski definition) is 2. The van der Waals surface area contributed by atoms with Gasteiger partial charge in [-0.15, -0.1) is 0 Å². The number of allylic oxidation sites excluding steroid dienone is 2. The summed E-state index contributed by atoms with van der Waals surface area (Å²) in [6.45, 7) is 7.79. The minimum absolute atomic E-state index is 0.290. The third-order valence-electron chi connectivity index (χ3n) is 4.17. The molecule has 1 heterocycles. The van der Waals surface area contributed by atoms with Crippen molar-refractivity contribution in [2.45, 2.75) is 50.7 Å². The van der Waals surface area contributed by atoms with Crippen LogP contribution in [-0.4, -0.2) is 40.3 Å². The highest BCUT2D eigenvalue weighted by molar-refractivity contribution is 5.58. The Hall–Kier alpha value is -1.46. The summed E-state index contributed by atoms with van der Waals surface area (Å²) in [6, 6.07) is -0.464. The molecular weight excluding hydrogens is 259 g/mol. The Labute approximate surface area is 118 Å². The maximum absolute atomic E-state index is 14.1. The molecule has 3 unspecified atom stereocenters. The van der Waals surface area contributed by atoms with Crippen LogP contribution >= 0.6 is 0 Å². The van der Waals surface area contributed by atoms with Crippen LogP contribution in [0, 0.1) is 0 Å². The number of carbonyl (C=O) groups is 1. The molecule has 0 fully saturated rings. The van der Waals surface area contributed by atoms with Crippen LogP contribution in [0.15, 0.2) is 35.6 Å². The first-order valence-corrected chi connectivity index (χ1v) is 6.75. The number of aldehydes is 1. The smallest absolute Gasteiger partial charge is 0.143 e. The molecule has 20 heavy (non-hydrogen) atoms. The minimum Gasteiger partial charge on any atom is -0.377 e. The highest BCUT2D eigenvalue weighted by Gasteiger charge is 2.48. The van der Waals surface area contributed by atoms with Crippen molar-refractivity contribution in [3.05, 3.63) is 35.6 Å². The van der Waals surface area contributed by atoms with Crippen molar-refractivity contribution >= 4 is 6.29 Å². The van der Waals surface area contributed by atoms with Crippen LogP contribution in [0.1, 0.15) is 26.7 Å². The van der Waals surface area contributed by atoms with Gasteiger partial charge in [-0.2, -0.15) is 0 Å². The molecule has 3 N–H and O–H groups in total. The van der Waals surface area contributed by atoms with Crippen LogP contribution in [0.2, 0.25) is 0 Å². The SMILES string of the molecule is C=C1C2=C(C(F)C=C2)C(C)(C)N1C(CCC=O)C(N)O. The quantitative estimate of drug-likeness (QED) is 0.590. The summed E-state index contributed by atoms with van der Waals surface area (Å²) in [5.41, 5.74) is 7.11. The summed E-state index contributed by atoms with van der Waals surface area (Å²) >= 11 is 0. The zero-order chi connectivity index (χ0) is 15.1. The molecule has 4 nitrogen and oxygen atoms in total. The largest absolute Gasteiger partial charge is 0.377 e. The first-order valence-electron chi connectivity index (χ1n) is 6.75. The van der Waals surface area contributed by atoms with Gasteiger partial charge in [0, 0.05) is 23.3 Å². The number of aliphatic hydroxyl groups excluding tert-OH is 1. The standard InChI is InChI=1S/C15H21FN2O2/c1-9-10-6-7-11(16)13(10)15(2,3)18(9)12(14(17)20)5-4-8-19/h6-8,11-12,14,20H,1,4-5,17H2,2-3H3. The van der Waals surface area contributed by atoms with E-state index in [4.69, 9.17) is 5.73 Å². The van der Waals surface area contributed by atoms with Crippen LogP contribution < -0.4 is 5.73 Å². The van der Waals surface area contributed by atoms with E-state index in [-0.39, 0.29) is 0 Å². The van der Waals surface area contributed by atoms with Crippen LogP contribution in [0.4, 0.5) is 4.39 Å². The van der Waals surface area contributed by atoms with E-state index in [2.05, 4.69) is 6.58 Å². The van der Waals surface area contributed by atoms with Crippen LogP contribution in [0.3, 0.4) is 0 Å². The highest BCUT2D eigenvalue weighted by Crippen LogP contribution is 2.48. The molecule has 0 spiro atoms. The predicted molar refractivity (Wildman–Crippen MR) is 75.4 cm³/mol. The van der Waals surface area contributed by atoms with Gasteiger partial charge in [-0.25, -0.2) is 4.39 Å². The van der Waals surface area contributed by atoms with E-state index in [1.54, 1.807) is 6.08 Å². The Kier molecular flexibility index (Phi) is 3.84. The molecule has 0 radical (unpaired) electrons. The summed E-state index contributed by atoms with van der Waals surface area (Å²) in [5.74, 6) is 0. The van der Waals surface area contributed by atoms with Crippen molar-refractivity contribution in [2.75, 3.05) is 0 Å². The number of hydrogen-bond acceptors (Lipinski definition) is 4. The fourth-order valence-electron chi connectivity index (χ4n) is 3.34. The number of aliphatic hydroxyl groups is 1.